The van der Waals surface area contributed by atoms with Crippen LogP contribution in [-0.2, 0) is 47.4 Å². The minimum atomic E-state index is -1.07. The van der Waals surface area contributed by atoms with E-state index in [2.05, 4.69) is 48.5 Å². The zero-order valence-electron chi connectivity index (χ0n) is 32.9. The van der Waals surface area contributed by atoms with Crippen molar-refractivity contribution in [1.82, 2.24) is 0 Å². The van der Waals surface area contributed by atoms with Gasteiger partial charge in [0.15, 0.2) is 5.79 Å². The molecule has 0 saturated carbocycles. The van der Waals surface area contributed by atoms with Gasteiger partial charge in [-0.3, -0.25) is 4.79 Å². The fourth-order valence-electron chi connectivity index (χ4n) is 11.0. The van der Waals surface area contributed by atoms with Gasteiger partial charge < -0.3 is 42.6 Å². The lowest BCUT2D eigenvalue weighted by Gasteiger charge is -2.50. The van der Waals surface area contributed by atoms with Crippen LogP contribution >= 0.6 is 0 Å². The number of rotatable bonds is 6. The summed E-state index contributed by atoms with van der Waals surface area (Å²) in [6.07, 6.45) is 5.44. The van der Waals surface area contributed by atoms with E-state index in [1.807, 2.05) is 20.8 Å². The van der Waals surface area contributed by atoms with E-state index in [1.54, 1.807) is 7.11 Å². The molecule has 6 aliphatic heterocycles. The number of carbonyl (C=O) groups is 1. The predicted molar refractivity (Wildman–Crippen MR) is 187 cm³/mol. The van der Waals surface area contributed by atoms with Gasteiger partial charge in [-0.1, -0.05) is 41.5 Å². The Bertz CT molecular complexity index is 1180. The number of carbonyl (C=O) groups excluding carboxylic acids is 1. The first-order valence-corrected chi connectivity index (χ1v) is 20.0. The van der Waals surface area contributed by atoms with E-state index in [1.165, 1.54) is 0 Å². The molecule has 0 aromatic carbocycles. The second kappa shape index (κ2) is 14.8. The van der Waals surface area contributed by atoms with Gasteiger partial charge in [0.25, 0.3) is 0 Å². The van der Waals surface area contributed by atoms with Crippen LogP contribution < -0.4 is 0 Å². The van der Waals surface area contributed by atoms with Crippen LogP contribution in [0.15, 0.2) is 0 Å². The Kier molecular flexibility index (Phi) is 11.5. The van der Waals surface area contributed by atoms with Gasteiger partial charge in [-0.15, -0.1) is 0 Å². The molecule has 288 valence electrons. The first-order valence-electron chi connectivity index (χ1n) is 20.0. The van der Waals surface area contributed by atoms with Crippen molar-refractivity contribution in [2.45, 2.75) is 186 Å². The molecule has 9 bridgehead atoms. The summed E-state index contributed by atoms with van der Waals surface area (Å²) in [6, 6.07) is 0. The number of methoxy groups -OCH3 is 1. The number of fused-ring (bicyclic) bond motifs is 11. The Morgan fingerprint density at radius 3 is 2.30 bits per heavy atom. The van der Waals surface area contributed by atoms with Crippen molar-refractivity contribution in [3.8, 4) is 0 Å². The first kappa shape index (κ1) is 38.9. The minimum absolute atomic E-state index is 0.00683. The zero-order chi connectivity index (χ0) is 36.2. The fourth-order valence-corrected chi connectivity index (χ4v) is 11.0. The molecule has 6 fully saturated rings. The van der Waals surface area contributed by atoms with Crippen molar-refractivity contribution in [1.29, 1.82) is 0 Å². The number of hydrogen-bond acceptors (Lipinski definition) is 10. The van der Waals surface area contributed by atoms with Crippen molar-refractivity contribution >= 4 is 5.97 Å². The Balaban J connectivity index is 1.38. The van der Waals surface area contributed by atoms with Gasteiger partial charge >= 0.3 is 5.97 Å². The quantitative estimate of drug-likeness (QED) is 0.215. The van der Waals surface area contributed by atoms with Gasteiger partial charge in [-0.25, -0.2) is 0 Å². The molecule has 0 aliphatic carbocycles. The van der Waals surface area contributed by atoms with Crippen LogP contribution in [0.1, 0.15) is 121 Å². The summed E-state index contributed by atoms with van der Waals surface area (Å²) in [7, 11) is 1.67. The molecule has 0 N–H and O–H groups in total. The molecule has 6 saturated heterocycles. The normalized spacial score (nSPS) is 52.9. The van der Waals surface area contributed by atoms with E-state index in [0.29, 0.717) is 19.6 Å². The average Bonchev–Trinajstić information content (AvgIpc) is 3.79. The Labute approximate surface area is 301 Å². The minimum Gasteiger partial charge on any atom is -0.460 e. The van der Waals surface area contributed by atoms with Crippen molar-refractivity contribution in [3.63, 3.8) is 0 Å². The molecule has 0 aromatic heterocycles. The number of cyclic esters (lactones) is 1. The molecule has 6 rings (SSSR count). The molecule has 0 amide bonds. The van der Waals surface area contributed by atoms with Crippen LogP contribution in [-0.4, -0.2) is 98.4 Å². The molecule has 6 aliphatic rings. The molecule has 6 heterocycles. The summed E-state index contributed by atoms with van der Waals surface area (Å²) in [4.78, 5) is 13.9. The Morgan fingerprint density at radius 1 is 0.860 bits per heavy atom. The van der Waals surface area contributed by atoms with E-state index in [-0.39, 0.29) is 78.8 Å². The predicted octanol–water partition coefficient (Wildman–Crippen LogP) is 6.84. The second-order valence-electron chi connectivity index (χ2n) is 17.2. The lowest BCUT2D eigenvalue weighted by atomic mass is 9.78. The second-order valence-corrected chi connectivity index (χ2v) is 17.2. The lowest BCUT2D eigenvalue weighted by molar-refractivity contribution is -0.344. The molecule has 0 aromatic rings. The summed E-state index contributed by atoms with van der Waals surface area (Å²) >= 11 is 0. The van der Waals surface area contributed by atoms with Crippen molar-refractivity contribution in [3.05, 3.63) is 0 Å². The van der Waals surface area contributed by atoms with Crippen LogP contribution in [0.2, 0.25) is 0 Å². The van der Waals surface area contributed by atoms with Crippen molar-refractivity contribution in [2.24, 2.45) is 35.5 Å². The molecular weight excluding hydrogens is 640 g/mol. The van der Waals surface area contributed by atoms with E-state index < -0.39 is 34.8 Å². The highest BCUT2D eigenvalue weighted by molar-refractivity contribution is 5.72. The smallest absolute Gasteiger partial charge is 0.311 e. The van der Waals surface area contributed by atoms with Gasteiger partial charge in [-0.05, 0) is 78.1 Å². The highest BCUT2D eigenvalue weighted by atomic mass is 16.7. The summed E-state index contributed by atoms with van der Waals surface area (Å²) in [6.45, 7) is 22.4. The van der Waals surface area contributed by atoms with Crippen LogP contribution in [0, 0.1) is 35.5 Å². The summed E-state index contributed by atoms with van der Waals surface area (Å²) in [5.41, 5.74) is -0.926. The molecule has 10 nitrogen and oxygen atoms in total. The van der Waals surface area contributed by atoms with Gasteiger partial charge in [0.1, 0.15) is 6.61 Å². The summed E-state index contributed by atoms with van der Waals surface area (Å²) in [5.74, 6) is -2.31. The summed E-state index contributed by atoms with van der Waals surface area (Å²) in [5, 5.41) is 0. The third-order valence-electron chi connectivity index (χ3n) is 13.9. The van der Waals surface area contributed by atoms with Crippen LogP contribution in [0.3, 0.4) is 0 Å². The van der Waals surface area contributed by atoms with Gasteiger partial charge in [-0.2, -0.15) is 0 Å². The van der Waals surface area contributed by atoms with Gasteiger partial charge in [0.2, 0.25) is 5.79 Å². The van der Waals surface area contributed by atoms with E-state index in [9.17, 15) is 4.79 Å². The fraction of sp³-hybridized carbons (Fsp3) is 0.975. The first-order chi connectivity index (χ1) is 23.7. The topological polar surface area (TPSA) is 100 Å². The van der Waals surface area contributed by atoms with E-state index in [0.717, 1.165) is 44.9 Å². The number of hydrogen-bond donors (Lipinski definition) is 0. The molecule has 1 spiro atoms. The standard InChI is InChI=1S/C40H68O10/c1-12-38-16-15-31(47-38)37(10)17-18-39(50-37)21-30(43-13-2)26(7)34(48-39)27(8)33(42-11)28(9)36(41)44-22-40(45-14-3)25(6)19-23(4)32(49-40)29-20-24(5)35(38)46-29/h23-35H,12-22H2,1-11H3. The molecule has 0 radical (unpaired) electrons. The van der Waals surface area contributed by atoms with Gasteiger partial charge in [0.05, 0.1) is 59.8 Å². The maximum atomic E-state index is 13.9. The molecule has 17 unspecified atom stereocenters. The zero-order valence-corrected chi connectivity index (χ0v) is 32.9. The van der Waals surface area contributed by atoms with E-state index >= 15 is 0 Å². The maximum Gasteiger partial charge on any atom is 0.311 e. The third-order valence-corrected chi connectivity index (χ3v) is 13.9. The van der Waals surface area contributed by atoms with Crippen LogP contribution in [0.25, 0.3) is 0 Å². The Hall–Kier alpha value is -0.850. The molecule has 10 heteroatoms. The number of esters is 1. The van der Waals surface area contributed by atoms with Crippen LogP contribution in [0.5, 0.6) is 0 Å². The SMILES string of the molecule is CCOC1CC23CCC(C)(O2)C2CCC(CC)(O2)C2OC(CC2C)C2OC(OCC)(COC(=O)C(C)C(OC)C(C)C(O3)C1C)C(C)CC2C. The number of ether oxygens (including phenoxy) is 9. The highest BCUT2D eigenvalue weighted by Crippen LogP contribution is 2.55. The van der Waals surface area contributed by atoms with Crippen LogP contribution in [0.4, 0.5) is 0 Å². The molecular formula is C40H68O10. The molecule has 50 heavy (non-hydrogen) atoms. The maximum absolute atomic E-state index is 13.9. The lowest BCUT2D eigenvalue weighted by Crippen LogP contribution is -2.58. The largest absolute Gasteiger partial charge is 0.460 e. The third kappa shape index (κ3) is 6.73. The van der Waals surface area contributed by atoms with Crippen molar-refractivity contribution < 1.29 is 47.4 Å². The van der Waals surface area contributed by atoms with E-state index in [4.69, 9.17) is 42.6 Å². The van der Waals surface area contributed by atoms with Crippen molar-refractivity contribution in [2.75, 3.05) is 26.9 Å². The Morgan fingerprint density at radius 2 is 1.62 bits per heavy atom. The molecule has 17 atom stereocenters. The average molecular weight is 709 g/mol. The highest BCUT2D eigenvalue weighted by Gasteiger charge is 2.63. The monoisotopic (exact) mass is 708 g/mol. The van der Waals surface area contributed by atoms with Gasteiger partial charge in [0, 0.05) is 50.9 Å². The summed E-state index contributed by atoms with van der Waals surface area (Å²) < 4.78 is 60.8.